The van der Waals surface area contributed by atoms with Gasteiger partial charge in [-0.15, -0.1) is 0 Å². The number of nitro benzene ring substituents is 1. The largest absolute Gasteiger partial charge is 0.379 e. The minimum atomic E-state index is -3.03. The minimum Gasteiger partial charge on any atom is -0.379 e. The lowest BCUT2D eigenvalue weighted by atomic mass is 10.2. The smallest absolute Gasteiger partial charge is 0.276 e. The normalized spacial score (nSPS) is 11.3. The third-order valence-electron chi connectivity index (χ3n) is 2.12. The molecule has 0 bridgehead atoms. The second-order valence-electron chi connectivity index (χ2n) is 3.73. The Labute approximate surface area is 96.8 Å². The fraction of sp³-hybridized carbons (Fsp3) is 0.400. The van der Waals surface area contributed by atoms with Gasteiger partial charge in [0, 0.05) is 17.8 Å². The summed E-state index contributed by atoms with van der Waals surface area (Å²) in [6.45, 7) is 0.233. The van der Waals surface area contributed by atoms with Crippen molar-refractivity contribution in [2.75, 3.05) is 18.4 Å². The number of alkyl halides is 2. The molecule has 0 amide bonds. The van der Waals surface area contributed by atoms with Crippen LogP contribution in [-0.4, -0.2) is 23.9 Å². The standard InChI is InChI=1S/C10H13F2N3O2/c1-7-2-8(4-9(3-7)15(16)17)14-6-10(11,12)5-13/h2-4,14H,5-6,13H2,1H3. The lowest BCUT2D eigenvalue weighted by Crippen LogP contribution is -2.35. The van der Waals surface area contributed by atoms with Crippen molar-refractivity contribution in [3.8, 4) is 0 Å². The van der Waals surface area contributed by atoms with E-state index in [1.807, 2.05) is 0 Å². The van der Waals surface area contributed by atoms with Gasteiger partial charge in [-0.25, -0.2) is 8.78 Å². The number of anilines is 1. The number of halogens is 2. The molecular weight excluding hydrogens is 232 g/mol. The highest BCUT2D eigenvalue weighted by Gasteiger charge is 2.26. The highest BCUT2D eigenvalue weighted by Crippen LogP contribution is 2.21. The average molecular weight is 245 g/mol. The average Bonchev–Trinajstić information content (AvgIpc) is 2.26. The van der Waals surface area contributed by atoms with Crippen LogP contribution in [0.4, 0.5) is 20.2 Å². The van der Waals surface area contributed by atoms with Crippen molar-refractivity contribution in [3.63, 3.8) is 0 Å². The Morgan fingerprint density at radius 2 is 2.12 bits per heavy atom. The molecule has 1 rings (SSSR count). The Bertz CT molecular complexity index is 424. The SMILES string of the molecule is Cc1cc(NCC(F)(F)CN)cc([N+](=O)[O-])c1. The summed E-state index contributed by atoms with van der Waals surface area (Å²) in [5.41, 5.74) is 5.65. The number of non-ortho nitro benzene ring substituents is 1. The molecule has 17 heavy (non-hydrogen) atoms. The van der Waals surface area contributed by atoms with Crippen LogP contribution in [0, 0.1) is 17.0 Å². The maximum absolute atomic E-state index is 12.9. The van der Waals surface area contributed by atoms with Crippen LogP contribution in [0.1, 0.15) is 5.56 Å². The predicted octanol–water partition coefficient (Wildman–Crippen LogP) is 1.91. The molecule has 94 valence electrons. The summed E-state index contributed by atoms with van der Waals surface area (Å²) in [6, 6.07) is 4.13. The van der Waals surface area contributed by atoms with Crippen LogP contribution in [0.15, 0.2) is 18.2 Å². The zero-order valence-corrected chi connectivity index (χ0v) is 9.24. The van der Waals surface area contributed by atoms with Crippen LogP contribution < -0.4 is 11.1 Å². The minimum absolute atomic E-state index is 0.136. The zero-order chi connectivity index (χ0) is 13.1. The number of nitrogens with two attached hydrogens (primary N) is 1. The van der Waals surface area contributed by atoms with E-state index in [1.54, 1.807) is 13.0 Å². The van der Waals surface area contributed by atoms with E-state index in [4.69, 9.17) is 5.73 Å². The van der Waals surface area contributed by atoms with Gasteiger partial charge in [-0.05, 0) is 18.6 Å². The molecule has 0 unspecified atom stereocenters. The summed E-state index contributed by atoms with van der Waals surface area (Å²) in [4.78, 5) is 10.0. The molecular formula is C10H13F2N3O2. The van der Waals surface area contributed by atoms with E-state index in [2.05, 4.69) is 5.32 Å². The molecule has 0 radical (unpaired) electrons. The zero-order valence-electron chi connectivity index (χ0n) is 9.24. The summed E-state index contributed by atoms with van der Waals surface area (Å²) >= 11 is 0. The van der Waals surface area contributed by atoms with Crippen LogP contribution in [0.25, 0.3) is 0 Å². The summed E-state index contributed by atoms with van der Waals surface area (Å²) in [5.74, 6) is -3.03. The van der Waals surface area contributed by atoms with Crippen molar-refractivity contribution in [1.29, 1.82) is 0 Å². The molecule has 0 aliphatic heterocycles. The van der Waals surface area contributed by atoms with Crippen molar-refractivity contribution >= 4 is 11.4 Å². The molecule has 0 saturated heterocycles. The van der Waals surface area contributed by atoms with E-state index in [0.29, 0.717) is 5.56 Å². The third-order valence-corrected chi connectivity index (χ3v) is 2.12. The van der Waals surface area contributed by atoms with Crippen LogP contribution in [0.5, 0.6) is 0 Å². The summed E-state index contributed by atoms with van der Waals surface area (Å²) in [7, 11) is 0. The fourth-order valence-corrected chi connectivity index (χ4v) is 1.27. The highest BCUT2D eigenvalue weighted by molar-refractivity contribution is 5.53. The quantitative estimate of drug-likeness (QED) is 0.613. The van der Waals surface area contributed by atoms with E-state index in [-0.39, 0.29) is 11.4 Å². The van der Waals surface area contributed by atoms with E-state index in [9.17, 15) is 18.9 Å². The van der Waals surface area contributed by atoms with Gasteiger partial charge in [-0.3, -0.25) is 10.1 Å². The molecule has 0 aliphatic carbocycles. The summed E-state index contributed by atoms with van der Waals surface area (Å²) in [6.07, 6.45) is 0. The second-order valence-corrected chi connectivity index (χ2v) is 3.73. The summed E-state index contributed by atoms with van der Waals surface area (Å²) in [5, 5.41) is 13.0. The highest BCUT2D eigenvalue weighted by atomic mass is 19.3. The molecule has 0 fully saturated rings. The van der Waals surface area contributed by atoms with Gasteiger partial charge in [0.1, 0.15) is 0 Å². The van der Waals surface area contributed by atoms with Crippen LogP contribution >= 0.6 is 0 Å². The molecule has 1 aromatic rings. The Morgan fingerprint density at radius 3 is 2.65 bits per heavy atom. The first-order chi connectivity index (χ1) is 7.84. The van der Waals surface area contributed by atoms with Gasteiger partial charge < -0.3 is 11.1 Å². The van der Waals surface area contributed by atoms with Crippen LogP contribution in [0.2, 0.25) is 0 Å². The van der Waals surface area contributed by atoms with Crippen LogP contribution in [-0.2, 0) is 0 Å². The van der Waals surface area contributed by atoms with Gasteiger partial charge in [-0.2, -0.15) is 0 Å². The number of hydrogen-bond donors (Lipinski definition) is 2. The first kappa shape index (κ1) is 13.3. The van der Waals surface area contributed by atoms with Gasteiger partial charge in [0.2, 0.25) is 0 Å². The number of nitro groups is 1. The monoisotopic (exact) mass is 245 g/mol. The third kappa shape index (κ3) is 3.95. The fourth-order valence-electron chi connectivity index (χ4n) is 1.27. The van der Waals surface area contributed by atoms with E-state index >= 15 is 0 Å². The molecule has 0 saturated carbocycles. The van der Waals surface area contributed by atoms with Crippen LogP contribution in [0.3, 0.4) is 0 Å². The molecule has 1 aromatic carbocycles. The predicted molar refractivity (Wildman–Crippen MR) is 60.3 cm³/mol. The second kappa shape index (κ2) is 5.05. The molecule has 5 nitrogen and oxygen atoms in total. The van der Waals surface area contributed by atoms with E-state index in [1.165, 1.54) is 12.1 Å². The first-order valence-corrected chi connectivity index (χ1v) is 4.92. The maximum atomic E-state index is 12.9. The number of aryl methyl sites for hydroxylation is 1. The van der Waals surface area contributed by atoms with Gasteiger partial charge in [0.05, 0.1) is 18.0 Å². The molecule has 0 atom stereocenters. The van der Waals surface area contributed by atoms with E-state index < -0.39 is 23.9 Å². The number of nitrogens with one attached hydrogen (secondary N) is 1. The van der Waals surface area contributed by atoms with Crippen molar-refractivity contribution in [2.45, 2.75) is 12.8 Å². The number of benzene rings is 1. The molecule has 3 N–H and O–H groups in total. The van der Waals surface area contributed by atoms with Gasteiger partial charge in [-0.1, -0.05) is 0 Å². The van der Waals surface area contributed by atoms with Gasteiger partial charge >= 0.3 is 0 Å². The van der Waals surface area contributed by atoms with Crippen molar-refractivity contribution in [1.82, 2.24) is 0 Å². The molecule has 0 aliphatic rings. The number of hydrogen-bond acceptors (Lipinski definition) is 4. The number of nitrogens with zero attached hydrogens (tertiary/aromatic N) is 1. The molecule has 0 aromatic heterocycles. The lowest BCUT2D eigenvalue weighted by molar-refractivity contribution is -0.384. The van der Waals surface area contributed by atoms with Crippen molar-refractivity contribution in [3.05, 3.63) is 33.9 Å². The molecule has 0 spiro atoms. The maximum Gasteiger partial charge on any atom is 0.276 e. The van der Waals surface area contributed by atoms with Gasteiger partial charge in [0.25, 0.3) is 11.6 Å². The Kier molecular flexibility index (Phi) is 3.95. The lowest BCUT2D eigenvalue weighted by Gasteiger charge is -2.15. The summed E-state index contributed by atoms with van der Waals surface area (Å²) < 4.78 is 25.8. The molecule has 0 heterocycles. The van der Waals surface area contributed by atoms with Crippen molar-refractivity contribution < 1.29 is 13.7 Å². The Hall–Kier alpha value is -1.76. The van der Waals surface area contributed by atoms with Gasteiger partial charge in [0.15, 0.2) is 0 Å². The van der Waals surface area contributed by atoms with Crippen molar-refractivity contribution in [2.24, 2.45) is 5.73 Å². The Balaban J connectivity index is 2.81. The molecule has 7 heteroatoms. The first-order valence-electron chi connectivity index (χ1n) is 4.92. The van der Waals surface area contributed by atoms with E-state index in [0.717, 1.165) is 0 Å². The number of rotatable bonds is 5. The Morgan fingerprint density at radius 1 is 1.47 bits per heavy atom. The topological polar surface area (TPSA) is 81.2 Å².